The van der Waals surface area contributed by atoms with Crippen molar-refractivity contribution in [3.8, 4) is 11.5 Å². The summed E-state index contributed by atoms with van der Waals surface area (Å²) in [6.07, 6.45) is -0.202. The molecule has 0 aliphatic rings. The summed E-state index contributed by atoms with van der Waals surface area (Å²) in [6, 6.07) is 4.68. The van der Waals surface area contributed by atoms with E-state index >= 15 is 0 Å². The van der Waals surface area contributed by atoms with Gasteiger partial charge in [0.25, 0.3) is 0 Å². The molecule has 1 aromatic carbocycles. The lowest BCUT2D eigenvalue weighted by atomic mass is 10.2. The van der Waals surface area contributed by atoms with Crippen LogP contribution in [0.25, 0.3) is 0 Å². The molecular weight excluding hydrogens is 248 g/mol. The number of benzene rings is 1. The number of carbonyl (C=O) groups is 2. The lowest BCUT2D eigenvalue weighted by Gasteiger charge is -2.16. The van der Waals surface area contributed by atoms with Crippen molar-refractivity contribution in [3.63, 3.8) is 0 Å². The molecule has 0 aliphatic carbocycles. The first-order valence-corrected chi connectivity index (χ1v) is 5.99. The molecule has 1 atom stereocenters. The Kier molecular flexibility index (Phi) is 5.36. The van der Waals surface area contributed by atoms with Crippen molar-refractivity contribution >= 4 is 11.8 Å². The highest BCUT2D eigenvalue weighted by atomic mass is 16.5. The average molecular weight is 266 g/mol. The third-order valence-electron chi connectivity index (χ3n) is 2.69. The molecule has 1 unspecified atom stereocenters. The summed E-state index contributed by atoms with van der Waals surface area (Å²) in [5.74, 6) is 0.315. The second-order valence-corrected chi connectivity index (χ2v) is 3.94. The molecule has 0 bridgehead atoms. The fraction of sp³-hybridized carbons (Fsp3) is 0.429. The van der Waals surface area contributed by atoms with Gasteiger partial charge < -0.3 is 14.2 Å². The van der Waals surface area contributed by atoms with Crippen LogP contribution < -0.4 is 9.47 Å². The van der Waals surface area contributed by atoms with E-state index in [1.807, 2.05) is 0 Å². The minimum Gasteiger partial charge on any atom is -0.493 e. The molecule has 5 heteroatoms. The summed E-state index contributed by atoms with van der Waals surface area (Å²) < 4.78 is 15.3. The van der Waals surface area contributed by atoms with Gasteiger partial charge in [-0.05, 0) is 25.1 Å². The van der Waals surface area contributed by atoms with E-state index in [-0.39, 0.29) is 5.78 Å². The third-order valence-corrected chi connectivity index (χ3v) is 2.69. The topological polar surface area (TPSA) is 61.8 Å². The second kappa shape index (κ2) is 6.78. The predicted molar refractivity (Wildman–Crippen MR) is 69.7 cm³/mol. The molecule has 0 spiro atoms. The van der Waals surface area contributed by atoms with E-state index in [1.54, 1.807) is 26.0 Å². The van der Waals surface area contributed by atoms with E-state index in [0.29, 0.717) is 23.5 Å². The number of esters is 1. The summed E-state index contributed by atoms with van der Waals surface area (Å²) in [7, 11) is 2.79. The molecule has 0 aliphatic heterocycles. The highest BCUT2D eigenvalue weighted by molar-refractivity contribution is 5.90. The van der Waals surface area contributed by atoms with E-state index in [1.165, 1.54) is 20.3 Å². The molecule has 0 aromatic heterocycles. The number of hydrogen-bond acceptors (Lipinski definition) is 5. The van der Waals surface area contributed by atoms with Gasteiger partial charge in [-0.3, -0.25) is 4.79 Å². The first-order valence-electron chi connectivity index (χ1n) is 5.99. The number of ether oxygens (including phenoxy) is 3. The van der Waals surface area contributed by atoms with Gasteiger partial charge in [0.2, 0.25) is 0 Å². The van der Waals surface area contributed by atoms with Crippen LogP contribution in [0.1, 0.15) is 30.6 Å². The molecule has 5 nitrogen and oxygen atoms in total. The Morgan fingerprint density at radius 2 is 1.89 bits per heavy atom. The van der Waals surface area contributed by atoms with Crippen molar-refractivity contribution in [2.75, 3.05) is 14.2 Å². The van der Waals surface area contributed by atoms with Crippen LogP contribution in [0.15, 0.2) is 18.2 Å². The molecule has 1 aromatic rings. The highest BCUT2D eigenvalue weighted by Crippen LogP contribution is 2.29. The van der Waals surface area contributed by atoms with Crippen molar-refractivity contribution in [1.82, 2.24) is 0 Å². The van der Waals surface area contributed by atoms with Crippen LogP contribution >= 0.6 is 0 Å². The van der Waals surface area contributed by atoms with Gasteiger partial charge in [-0.1, -0.05) is 6.92 Å². The first kappa shape index (κ1) is 15.0. The molecule has 1 rings (SSSR count). The summed E-state index contributed by atoms with van der Waals surface area (Å²) in [5, 5.41) is 0. The maximum absolute atomic E-state index is 11.5. The fourth-order valence-electron chi connectivity index (χ4n) is 1.56. The maximum Gasteiger partial charge on any atom is 0.337 e. The summed E-state index contributed by atoms with van der Waals surface area (Å²) in [4.78, 5) is 23.0. The van der Waals surface area contributed by atoms with Crippen LogP contribution in [0.3, 0.4) is 0 Å². The Bertz CT molecular complexity index is 467. The van der Waals surface area contributed by atoms with Gasteiger partial charge in [0, 0.05) is 6.42 Å². The zero-order valence-electron chi connectivity index (χ0n) is 11.6. The van der Waals surface area contributed by atoms with Crippen LogP contribution in [-0.4, -0.2) is 32.1 Å². The third kappa shape index (κ3) is 3.71. The minimum absolute atomic E-state index is 0.0227. The van der Waals surface area contributed by atoms with Gasteiger partial charge in [0.1, 0.15) is 0 Å². The van der Waals surface area contributed by atoms with Gasteiger partial charge in [-0.25, -0.2) is 4.79 Å². The molecule has 104 valence electrons. The van der Waals surface area contributed by atoms with Gasteiger partial charge >= 0.3 is 5.97 Å². The zero-order valence-corrected chi connectivity index (χ0v) is 11.6. The maximum atomic E-state index is 11.5. The van der Waals surface area contributed by atoms with Crippen molar-refractivity contribution in [1.29, 1.82) is 0 Å². The quantitative estimate of drug-likeness (QED) is 0.739. The molecule has 0 N–H and O–H groups in total. The Morgan fingerprint density at radius 1 is 1.21 bits per heavy atom. The largest absolute Gasteiger partial charge is 0.493 e. The van der Waals surface area contributed by atoms with Gasteiger partial charge in [0.15, 0.2) is 23.4 Å². The molecule has 19 heavy (non-hydrogen) atoms. The number of methoxy groups -OCH3 is 2. The smallest absolute Gasteiger partial charge is 0.337 e. The number of hydrogen-bond donors (Lipinski definition) is 0. The number of rotatable bonds is 6. The van der Waals surface area contributed by atoms with Crippen LogP contribution in [0, 0.1) is 0 Å². The normalized spacial score (nSPS) is 11.6. The van der Waals surface area contributed by atoms with E-state index in [2.05, 4.69) is 4.74 Å². The molecule has 0 radical (unpaired) electrons. The lowest BCUT2D eigenvalue weighted by molar-refractivity contribution is -0.124. The predicted octanol–water partition coefficient (Wildman–Crippen LogP) is 2.23. The summed E-state index contributed by atoms with van der Waals surface area (Å²) in [6.45, 7) is 3.43. The van der Waals surface area contributed by atoms with Crippen molar-refractivity contribution < 1.29 is 23.8 Å². The Balaban J connectivity index is 3.02. The Morgan fingerprint density at radius 3 is 2.42 bits per heavy atom. The standard InChI is InChI=1S/C14H18O5/c1-5-11(15)9(2)19-13-8-10(14(16)18-4)6-7-12(13)17-3/h6-9H,5H2,1-4H3. The van der Waals surface area contributed by atoms with Crippen molar-refractivity contribution in [3.05, 3.63) is 23.8 Å². The Hall–Kier alpha value is -2.04. The van der Waals surface area contributed by atoms with Crippen LogP contribution in [-0.2, 0) is 9.53 Å². The SMILES string of the molecule is CCC(=O)C(C)Oc1cc(C(=O)OC)ccc1OC. The van der Waals surface area contributed by atoms with Gasteiger partial charge in [-0.2, -0.15) is 0 Å². The monoisotopic (exact) mass is 266 g/mol. The number of Topliss-reactive ketones (excluding diaryl/α,β-unsaturated/α-hetero) is 1. The number of ketones is 1. The van der Waals surface area contributed by atoms with Gasteiger partial charge in [0.05, 0.1) is 19.8 Å². The summed E-state index contributed by atoms with van der Waals surface area (Å²) in [5.41, 5.74) is 0.342. The van der Waals surface area contributed by atoms with E-state index < -0.39 is 12.1 Å². The number of carbonyl (C=O) groups excluding carboxylic acids is 2. The molecular formula is C14H18O5. The van der Waals surface area contributed by atoms with E-state index in [9.17, 15) is 9.59 Å². The fourth-order valence-corrected chi connectivity index (χ4v) is 1.56. The Labute approximate surface area is 112 Å². The van der Waals surface area contributed by atoms with Crippen molar-refractivity contribution in [2.24, 2.45) is 0 Å². The van der Waals surface area contributed by atoms with E-state index in [4.69, 9.17) is 9.47 Å². The molecule has 0 heterocycles. The summed E-state index contributed by atoms with van der Waals surface area (Å²) >= 11 is 0. The molecule has 0 saturated heterocycles. The van der Waals surface area contributed by atoms with Crippen LogP contribution in [0.4, 0.5) is 0 Å². The average Bonchev–Trinajstić information content (AvgIpc) is 2.45. The van der Waals surface area contributed by atoms with Gasteiger partial charge in [-0.15, -0.1) is 0 Å². The first-order chi connectivity index (χ1) is 9.03. The lowest BCUT2D eigenvalue weighted by Crippen LogP contribution is -2.23. The van der Waals surface area contributed by atoms with Crippen molar-refractivity contribution in [2.45, 2.75) is 26.4 Å². The molecule has 0 amide bonds. The minimum atomic E-state index is -0.591. The zero-order chi connectivity index (χ0) is 14.4. The molecule has 0 saturated carbocycles. The second-order valence-electron chi connectivity index (χ2n) is 3.94. The van der Waals surface area contributed by atoms with Crippen LogP contribution in [0.5, 0.6) is 11.5 Å². The highest BCUT2D eigenvalue weighted by Gasteiger charge is 2.17. The van der Waals surface area contributed by atoms with E-state index in [0.717, 1.165) is 0 Å². The molecule has 0 fully saturated rings. The van der Waals surface area contributed by atoms with Crippen LogP contribution in [0.2, 0.25) is 0 Å².